The molecular formula is C13H10FIN2O2. The van der Waals surface area contributed by atoms with Crippen molar-refractivity contribution in [2.45, 2.75) is 12.3 Å². The molecule has 6 heteroatoms. The van der Waals surface area contributed by atoms with E-state index in [0.29, 0.717) is 14.8 Å². The number of hydrogen-bond acceptors (Lipinski definition) is 3. The summed E-state index contributed by atoms with van der Waals surface area (Å²) in [4.78, 5) is 19.2. The normalized spacial score (nSPS) is 12.1. The van der Waals surface area contributed by atoms with Crippen LogP contribution in [0.15, 0.2) is 36.8 Å². The zero-order chi connectivity index (χ0) is 13.8. The van der Waals surface area contributed by atoms with Gasteiger partial charge in [-0.25, -0.2) is 14.4 Å². The molecule has 2 aromatic rings. The van der Waals surface area contributed by atoms with Gasteiger partial charge in [0.25, 0.3) is 0 Å². The summed E-state index contributed by atoms with van der Waals surface area (Å²) < 4.78 is 14.3. The minimum atomic E-state index is -1.03. The zero-order valence-electron chi connectivity index (χ0n) is 9.75. The van der Waals surface area contributed by atoms with E-state index in [4.69, 9.17) is 0 Å². The molecule has 0 aliphatic carbocycles. The Morgan fingerprint density at radius 3 is 2.79 bits per heavy atom. The maximum absolute atomic E-state index is 13.6. The highest BCUT2D eigenvalue weighted by atomic mass is 127. The van der Waals surface area contributed by atoms with Gasteiger partial charge in [-0.05, 0) is 40.6 Å². The Morgan fingerprint density at radius 2 is 2.16 bits per heavy atom. The van der Waals surface area contributed by atoms with E-state index in [1.807, 2.05) is 22.6 Å². The summed E-state index contributed by atoms with van der Waals surface area (Å²) in [7, 11) is 0. The molecule has 1 heterocycles. The van der Waals surface area contributed by atoms with Crippen LogP contribution < -0.4 is 0 Å². The smallest absolute Gasteiger partial charge is 0.312 e. The molecule has 0 radical (unpaired) electrons. The van der Waals surface area contributed by atoms with Gasteiger partial charge in [-0.3, -0.25) is 4.79 Å². The van der Waals surface area contributed by atoms with Crippen LogP contribution in [0.2, 0.25) is 0 Å². The molecule has 1 unspecified atom stereocenters. The maximum Gasteiger partial charge on any atom is 0.312 e. The van der Waals surface area contributed by atoms with Gasteiger partial charge in [0.15, 0.2) is 0 Å². The van der Waals surface area contributed by atoms with Gasteiger partial charge in [0, 0.05) is 6.20 Å². The molecule has 1 atom stereocenters. The number of nitrogens with zero attached hydrogens (tertiary/aromatic N) is 2. The van der Waals surface area contributed by atoms with Crippen molar-refractivity contribution in [2.24, 2.45) is 0 Å². The number of carboxylic acids is 1. The lowest BCUT2D eigenvalue weighted by molar-refractivity contribution is -0.138. The van der Waals surface area contributed by atoms with Crippen LogP contribution in [0.4, 0.5) is 4.39 Å². The van der Waals surface area contributed by atoms with Gasteiger partial charge in [-0.1, -0.05) is 18.2 Å². The standard InChI is InChI=1S/C13H10FIN2O2/c14-10-4-2-1-3-8(10)5-9(13(18)19)12-11(15)6-16-7-17-12/h1-4,6-7,9H,5H2,(H,18,19). The Bertz CT molecular complexity index is 607. The van der Waals surface area contributed by atoms with Crippen LogP contribution in [0.3, 0.4) is 0 Å². The highest BCUT2D eigenvalue weighted by Gasteiger charge is 2.25. The van der Waals surface area contributed by atoms with Crippen molar-refractivity contribution in [3.8, 4) is 0 Å². The van der Waals surface area contributed by atoms with Crippen molar-refractivity contribution in [3.05, 3.63) is 57.4 Å². The van der Waals surface area contributed by atoms with Gasteiger partial charge in [-0.2, -0.15) is 0 Å². The van der Waals surface area contributed by atoms with E-state index in [9.17, 15) is 14.3 Å². The summed E-state index contributed by atoms with van der Waals surface area (Å²) in [6.07, 6.45) is 2.91. The molecule has 2 rings (SSSR count). The molecule has 1 N–H and O–H groups in total. The van der Waals surface area contributed by atoms with Crippen LogP contribution in [0, 0.1) is 9.39 Å². The van der Waals surface area contributed by atoms with Crippen LogP contribution >= 0.6 is 22.6 Å². The lowest BCUT2D eigenvalue weighted by Gasteiger charge is -2.13. The van der Waals surface area contributed by atoms with Gasteiger partial charge < -0.3 is 5.11 Å². The van der Waals surface area contributed by atoms with Crippen molar-refractivity contribution in [1.29, 1.82) is 0 Å². The third-order valence-corrected chi connectivity index (χ3v) is 3.54. The largest absolute Gasteiger partial charge is 0.481 e. The van der Waals surface area contributed by atoms with E-state index < -0.39 is 17.7 Å². The molecule has 0 spiro atoms. The SMILES string of the molecule is O=C(O)C(Cc1ccccc1F)c1ncncc1I. The molecule has 4 nitrogen and oxygen atoms in total. The maximum atomic E-state index is 13.6. The number of carbonyl (C=O) groups is 1. The Hall–Kier alpha value is -1.57. The van der Waals surface area contributed by atoms with Crippen molar-refractivity contribution in [1.82, 2.24) is 9.97 Å². The van der Waals surface area contributed by atoms with Gasteiger partial charge in [0.1, 0.15) is 18.1 Å². The van der Waals surface area contributed by atoms with Crippen LogP contribution in [0.1, 0.15) is 17.2 Å². The quantitative estimate of drug-likeness (QED) is 0.839. The van der Waals surface area contributed by atoms with Crippen LogP contribution in [0.5, 0.6) is 0 Å². The van der Waals surface area contributed by atoms with Gasteiger partial charge in [0.05, 0.1) is 9.26 Å². The summed E-state index contributed by atoms with van der Waals surface area (Å²) in [6.45, 7) is 0. The molecule has 98 valence electrons. The van der Waals surface area contributed by atoms with Crippen LogP contribution in [0.25, 0.3) is 0 Å². The third-order valence-electron chi connectivity index (χ3n) is 2.71. The van der Waals surface area contributed by atoms with Crippen molar-refractivity contribution in [2.75, 3.05) is 0 Å². The molecule has 1 aromatic heterocycles. The fraction of sp³-hybridized carbons (Fsp3) is 0.154. The Labute approximate surface area is 122 Å². The molecule has 0 saturated heterocycles. The first-order valence-corrected chi connectivity index (χ1v) is 6.59. The molecule has 0 saturated carbocycles. The monoisotopic (exact) mass is 372 g/mol. The second kappa shape index (κ2) is 6.05. The molecular weight excluding hydrogens is 362 g/mol. The second-order valence-corrected chi connectivity index (χ2v) is 5.10. The minimum absolute atomic E-state index is 0.0645. The van der Waals surface area contributed by atoms with E-state index in [-0.39, 0.29) is 6.42 Å². The number of benzene rings is 1. The molecule has 0 aliphatic rings. The fourth-order valence-corrected chi connectivity index (χ4v) is 2.44. The van der Waals surface area contributed by atoms with E-state index >= 15 is 0 Å². The van der Waals surface area contributed by atoms with Crippen LogP contribution in [-0.2, 0) is 11.2 Å². The molecule has 1 aromatic carbocycles. The Balaban J connectivity index is 2.35. The predicted molar refractivity (Wildman–Crippen MR) is 75.2 cm³/mol. The second-order valence-electron chi connectivity index (χ2n) is 3.94. The first kappa shape index (κ1) is 13.9. The molecule has 0 amide bonds. The minimum Gasteiger partial charge on any atom is -0.481 e. The van der Waals surface area contributed by atoms with Crippen molar-refractivity contribution >= 4 is 28.6 Å². The van der Waals surface area contributed by atoms with Crippen LogP contribution in [-0.4, -0.2) is 21.0 Å². The summed E-state index contributed by atoms with van der Waals surface area (Å²) in [5.74, 6) is -2.32. The third kappa shape index (κ3) is 3.25. The number of hydrogen-bond donors (Lipinski definition) is 1. The molecule has 0 fully saturated rings. The van der Waals surface area contributed by atoms with E-state index in [1.165, 1.54) is 12.4 Å². The highest BCUT2D eigenvalue weighted by Crippen LogP contribution is 2.24. The average molecular weight is 372 g/mol. The molecule has 0 aliphatic heterocycles. The lowest BCUT2D eigenvalue weighted by atomic mass is 9.96. The number of aromatic nitrogens is 2. The topological polar surface area (TPSA) is 63.1 Å². The number of rotatable bonds is 4. The fourth-order valence-electron chi connectivity index (χ4n) is 1.76. The number of halogens is 2. The van der Waals surface area contributed by atoms with Crippen molar-refractivity contribution in [3.63, 3.8) is 0 Å². The summed E-state index contributed by atoms with van der Waals surface area (Å²) in [5.41, 5.74) is 0.774. The highest BCUT2D eigenvalue weighted by molar-refractivity contribution is 14.1. The summed E-state index contributed by atoms with van der Waals surface area (Å²) in [5, 5.41) is 9.32. The average Bonchev–Trinajstić information content (AvgIpc) is 2.38. The Kier molecular flexibility index (Phi) is 4.41. The molecule has 19 heavy (non-hydrogen) atoms. The predicted octanol–water partition coefficient (Wildman–Crippen LogP) is 2.63. The first-order chi connectivity index (χ1) is 9.09. The van der Waals surface area contributed by atoms with Gasteiger partial charge in [0.2, 0.25) is 0 Å². The van der Waals surface area contributed by atoms with E-state index in [0.717, 1.165) is 0 Å². The van der Waals surface area contributed by atoms with Gasteiger partial charge in [-0.15, -0.1) is 0 Å². The number of aliphatic carboxylic acids is 1. The molecule has 0 bridgehead atoms. The van der Waals surface area contributed by atoms with E-state index in [1.54, 1.807) is 24.4 Å². The first-order valence-electron chi connectivity index (χ1n) is 5.51. The van der Waals surface area contributed by atoms with Gasteiger partial charge >= 0.3 is 5.97 Å². The number of carboxylic acid groups (broad SMARTS) is 1. The lowest BCUT2D eigenvalue weighted by Crippen LogP contribution is -2.18. The summed E-state index contributed by atoms with van der Waals surface area (Å²) in [6, 6.07) is 6.16. The van der Waals surface area contributed by atoms with E-state index in [2.05, 4.69) is 9.97 Å². The summed E-state index contributed by atoms with van der Waals surface area (Å²) >= 11 is 1.98. The zero-order valence-corrected chi connectivity index (χ0v) is 11.9. The van der Waals surface area contributed by atoms with Crippen molar-refractivity contribution < 1.29 is 14.3 Å². The Morgan fingerprint density at radius 1 is 1.42 bits per heavy atom.